The number of likely N-dealkylation sites (tertiary alicyclic amines) is 1. The van der Waals surface area contributed by atoms with Crippen LogP contribution < -0.4 is 5.73 Å². The van der Waals surface area contributed by atoms with Crippen molar-refractivity contribution in [2.75, 3.05) is 12.3 Å². The molecule has 166 valence electrons. The first-order chi connectivity index (χ1) is 16.0. The Labute approximate surface area is 194 Å². The Morgan fingerprint density at radius 2 is 2.06 bits per heavy atom. The van der Waals surface area contributed by atoms with Crippen LogP contribution in [0.25, 0.3) is 26.8 Å². The highest BCUT2D eigenvalue weighted by Gasteiger charge is 2.32. The van der Waals surface area contributed by atoms with Crippen molar-refractivity contribution in [3.05, 3.63) is 65.1 Å². The Morgan fingerprint density at radius 1 is 1.18 bits per heavy atom. The number of benzene rings is 2. The molecule has 0 bridgehead atoms. The number of nitrogen functional groups attached to an aromatic ring is 1. The number of aryl methyl sites for hydroxylation is 1. The third-order valence-electron chi connectivity index (χ3n) is 6.82. The molecule has 2 aromatic carbocycles. The number of imidazole rings is 1. The van der Waals surface area contributed by atoms with E-state index in [1.54, 1.807) is 23.9 Å². The van der Waals surface area contributed by atoms with Crippen LogP contribution in [0.5, 0.6) is 0 Å². The number of thiazole rings is 1. The molecular formula is C25H24N6OS. The molecule has 0 saturated carbocycles. The van der Waals surface area contributed by atoms with Crippen molar-refractivity contribution in [2.45, 2.75) is 32.7 Å². The Bertz CT molecular complexity index is 1540. The third-order valence-corrected chi connectivity index (χ3v) is 7.63. The molecule has 33 heavy (non-hydrogen) atoms. The minimum Gasteiger partial charge on any atom is -0.382 e. The first-order valence-electron chi connectivity index (χ1n) is 11.2. The number of carbonyl (C=O) groups is 1. The lowest BCUT2D eigenvalue weighted by Gasteiger charge is -2.39. The Morgan fingerprint density at radius 3 is 2.94 bits per heavy atom. The summed E-state index contributed by atoms with van der Waals surface area (Å²) in [5, 5.41) is 0. The van der Waals surface area contributed by atoms with Gasteiger partial charge in [0.25, 0.3) is 5.91 Å². The summed E-state index contributed by atoms with van der Waals surface area (Å²) in [4.78, 5) is 29.2. The molecule has 0 aliphatic carbocycles. The van der Waals surface area contributed by atoms with E-state index in [-0.39, 0.29) is 11.9 Å². The average molecular weight is 457 g/mol. The Kier molecular flexibility index (Phi) is 4.58. The van der Waals surface area contributed by atoms with Gasteiger partial charge in [0.15, 0.2) is 0 Å². The summed E-state index contributed by atoms with van der Waals surface area (Å²) in [7, 11) is 0. The molecule has 8 heteroatoms. The molecule has 0 unspecified atom stereocenters. The van der Waals surface area contributed by atoms with E-state index in [2.05, 4.69) is 40.1 Å². The molecule has 2 atom stereocenters. The van der Waals surface area contributed by atoms with Crippen LogP contribution in [-0.4, -0.2) is 36.7 Å². The predicted octanol–water partition coefficient (Wildman–Crippen LogP) is 5.00. The Balaban J connectivity index is 1.45. The third kappa shape index (κ3) is 3.24. The van der Waals surface area contributed by atoms with Crippen LogP contribution in [0.1, 0.15) is 47.3 Å². The zero-order chi connectivity index (χ0) is 22.7. The molecule has 3 aromatic heterocycles. The van der Waals surface area contributed by atoms with E-state index >= 15 is 0 Å². The van der Waals surface area contributed by atoms with E-state index in [9.17, 15) is 4.79 Å². The van der Waals surface area contributed by atoms with Crippen LogP contribution >= 0.6 is 11.3 Å². The summed E-state index contributed by atoms with van der Waals surface area (Å²) in [6.45, 7) is 4.96. The monoisotopic (exact) mass is 456 g/mol. The van der Waals surface area contributed by atoms with E-state index in [4.69, 9.17) is 5.73 Å². The fraction of sp³-hybridized carbons (Fsp3) is 0.280. The van der Waals surface area contributed by atoms with Crippen molar-refractivity contribution >= 4 is 49.8 Å². The number of nitrogens with two attached hydrogens (primary N) is 1. The maximum atomic E-state index is 14.0. The molecule has 1 aliphatic rings. The van der Waals surface area contributed by atoms with Crippen LogP contribution in [-0.2, 0) is 0 Å². The molecule has 6 rings (SSSR count). The summed E-state index contributed by atoms with van der Waals surface area (Å²) in [5.41, 5.74) is 14.0. The first kappa shape index (κ1) is 20.1. The lowest BCUT2D eigenvalue weighted by atomic mass is 9.87. The zero-order valence-electron chi connectivity index (χ0n) is 18.5. The van der Waals surface area contributed by atoms with E-state index in [1.165, 1.54) is 4.70 Å². The van der Waals surface area contributed by atoms with E-state index in [0.717, 1.165) is 52.6 Å². The first-order valence-corrected chi connectivity index (χ1v) is 12.0. The van der Waals surface area contributed by atoms with Crippen molar-refractivity contribution in [3.63, 3.8) is 0 Å². The number of anilines is 1. The van der Waals surface area contributed by atoms with Crippen molar-refractivity contribution in [1.82, 2.24) is 24.3 Å². The second-order valence-electron chi connectivity index (χ2n) is 9.03. The molecule has 1 saturated heterocycles. The second kappa shape index (κ2) is 7.52. The van der Waals surface area contributed by atoms with Gasteiger partial charge in [-0.1, -0.05) is 13.0 Å². The molecule has 1 aliphatic heterocycles. The summed E-state index contributed by atoms with van der Waals surface area (Å²) in [5.74, 6) is 1.04. The summed E-state index contributed by atoms with van der Waals surface area (Å²) >= 11 is 1.64. The van der Waals surface area contributed by atoms with Crippen LogP contribution in [0.4, 0.5) is 5.82 Å². The van der Waals surface area contributed by atoms with E-state index in [0.29, 0.717) is 17.3 Å². The maximum absolute atomic E-state index is 14.0. The molecular weight excluding hydrogens is 432 g/mol. The molecule has 2 N–H and O–H groups in total. The van der Waals surface area contributed by atoms with Crippen LogP contribution in [0.15, 0.2) is 48.4 Å². The topological polar surface area (TPSA) is 89.4 Å². The van der Waals surface area contributed by atoms with Crippen molar-refractivity contribution < 1.29 is 4.79 Å². The van der Waals surface area contributed by atoms with Gasteiger partial charge in [-0.15, -0.1) is 11.3 Å². The molecule has 4 heterocycles. The molecule has 7 nitrogen and oxygen atoms in total. The van der Waals surface area contributed by atoms with Gasteiger partial charge in [-0.05, 0) is 61.1 Å². The number of carbonyl (C=O) groups excluding carboxylic acids is 1. The smallest absolute Gasteiger partial charge is 0.254 e. The van der Waals surface area contributed by atoms with Crippen LogP contribution in [0.3, 0.4) is 0 Å². The number of hydrogen-bond donors (Lipinski definition) is 1. The van der Waals surface area contributed by atoms with Gasteiger partial charge in [0, 0.05) is 12.1 Å². The highest BCUT2D eigenvalue weighted by Crippen LogP contribution is 2.37. The minimum absolute atomic E-state index is 0.0280. The normalized spacial score (nSPS) is 19.0. The highest BCUT2D eigenvalue weighted by molar-refractivity contribution is 7.16. The lowest BCUT2D eigenvalue weighted by molar-refractivity contribution is 0.0558. The number of hydrogen-bond acceptors (Lipinski definition) is 6. The van der Waals surface area contributed by atoms with Gasteiger partial charge in [-0.25, -0.2) is 15.0 Å². The fourth-order valence-electron chi connectivity index (χ4n) is 5.00. The van der Waals surface area contributed by atoms with Crippen LogP contribution in [0.2, 0.25) is 0 Å². The van der Waals surface area contributed by atoms with Gasteiger partial charge in [0.2, 0.25) is 0 Å². The van der Waals surface area contributed by atoms with Crippen molar-refractivity contribution in [3.8, 4) is 0 Å². The molecule has 1 fully saturated rings. The zero-order valence-corrected chi connectivity index (χ0v) is 19.3. The number of fused-ring (bicyclic) bond motifs is 4. The van der Waals surface area contributed by atoms with Gasteiger partial charge >= 0.3 is 0 Å². The van der Waals surface area contributed by atoms with E-state index in [1.807, 2.05) is 33.9 Å². The summed E-state index contributed by atoms with van der Waals surface area (Å²) < 4.78 is 3.07. The molecule has 0 spiro atoms. The lowest BCUT2D eigenvalue weighted by Crippen LogP contribution is -2.41. The minimum atomic E-state index is 0.0280. The second-order valence-corrected chi connectivity index (χ2v) is 9.91. The maximum Gasteiger partial charge on any atom is 0.254 e. The van der Waals surface area contributed by atoms with Gasteiger partial charge in [0.1, 0.15) is 11.3 Å². The van der Waals surface area contributed by atoms with Gasteiger partial charge in [0.05, 0.1) is 45.3 Å². The van der Waals surface area contributed by atoms with Crippen molar-refractivity contribution in [1.29, 1.82) is 0 Å². The summed E-state index contributed by atoms with van der Waals surface area (Å²) in [6.07, 6.45) is 5.35. The van der Waals surface area contributed by atoms with Gasteiger partial charge in [-0.2, -0.15) is 0 Å². The van der Waals surface area contributed by atoms with E-state index < -0.39 is 0 Å². The molecule has 0 radical (unpaired) electrons. The SMILES string of the molecule is Cc1cc2nc(N)c3cncn3c2cc1C(=O)N1CC[C@@H](C)C[C@@H]1c1ccc2scnc2c1. The average Bonchev–Trinajstić information content (AvgIpc) is 3.48. The van der Waals surface area contributed by atoms with Crippen molar-refractivity contribution in [2.24, 2.45) is 5.92 Å². The van der Waals surface area contributed by atoms with Gasteiger partial charge in [-0.3, -0.25) is 9.20 Å². The Hall–Kier alpha value is -3.52. The van der Waals surface area contributed by atoms with Crippen LogP contribution in [0, 0.1) is 12.8 Å². The number of rotatable bonds is 2. The number of aromatic nitrogens is 4. The summed E-state index contributed by atoms with van der Waals surface area (Å²) in [6, 6.07) is 10.3. The number of amides is 1. The molecule has 5 aromatic rings. The highest BCUT2D eigenvalue weighted by atomic mass is 32.1. The molecule has 1 amide bonds. The quantitative estimate of drug-likeness (QED) is 0.404. The number of nitrogens with zero attached hydrogens (tertiary/aromatic N) is 5. The largest absolute Gasteiger partial charge is 0.382 e. The predicted molar refractivity (Wildman–Crippen MR) is 131 cm³/mol. The standard InChI is InChI=1S/C25H24N6OS/c1-14-5-6-30(20(7-14)16-3-4-23-19(9-16)28-13-33-23)25(32)17-10-21-18(8-15(17)2)29-24(26)22-11-27-12-31(21)22/h3-4,8-14,20H,5-7H2,1-2H3,(H2,26,29)/t14-,20-/m1/s1. The number of piperidine rings is 1. The van der Waals surface area contributed by atoms with Gasteiger partial charge < -0.3 is 10.6 Å². The fourth-order valence-corrected chi connectivity index (χ4v) is 5.65.